The normalized spacial score (nSPS) is 24.9. The molecule has 3 aromatic carbocycles. The fourth-order valence-corrected chi connectivity index (χ4v) is 9.77. The molecule has 3 atom stereocenters. The maximum atomic E-state index is 2.48. The minimum Gasteiger partial charge on any atom is -0.0842 e. The molecule has 0 saturated heterocycles. The molecule has 0 aliphatic heterocycles. The van der Waals surface area contributed by atoms with Gasteiger partial charge in [0.05, 0.1) is 0 Å². The summed E-state index contributed by atoms with van der Waals surface area (Å²) < 4.78 is 0. The van der Waals surface area contributed by atoms with E-state index in [1.807, 2.05) is 0 Å². The summed E-state index contributed by atoms with van der Waals surface area (Å²) in [6, 6.07) is 23.0. The highest BCUT2D eigenvalue weighted by atomic mass is 14.4. The molecular weight excluding hydrogens is 601 g/mol. The molecule has 0 spiro atoms. The van der Waals surface area contributed by atoms with Crippen LogP contribution in [0.3, 0.4) is 0 Å². The van der Waals surface area contributed by atoms with E-state index in [-0.39, 0.29) is 0 Å². The van der Waals surface area contributed by atoms with E-state index in [4.69, 9.17) is 0 Å². The fraction of sp³-hybridized carbons (Fsp3) is 0.200. The quantitative estimate of drug-likeness (QED) is 0.260. The van der Waals surface area contributed by atoms with Crippen LogP contribution < -0.4 is 10.4 Å². The zero-order chi connectivity index (χ0) is 33.0. The molecule has 3 aromatic rings. The summed E-state index contributed by atoms with van der Waals surface area (Å²) in [5, 5.41) is 5.67. The van der Waals surface area contributed by atoms with Gasteiger partial charge >= 0.3 is 0 Å². The highest BCUT2D eigenvalue weighted by Gasteiger charge is 2.37. The maximum absolute atomic E-state index is 2.48. The van der Waals surface area contributed by atoms with Crippen molar-refractivity contribution < 1.29 is 0 Å². The number of fused-ring (bicyclic) bond motifs is 5. The number of hydrogen-bond donors (Lipinski definition) is 0. The Labute approximate surface area is 296 Å². The maximum Gasteiger partial charge on any atom is 0.0142 e. The van der Waals surface area contributed by atoms with Crippen LogP contribution in [0, 0.1) is 11.8 Å². The van der Waals surface area contributed by atoms with Gasteiger partial charge in [0.2, 0.25) is 0 Å². The summed E-state index contributed by atoms with van der Waals surface area (Å²) in [5.74, 6) is 1.11. The van der Waals surface area contributed by atoms with Crippen LogP contribution in [0.2, 0.25) is 0 Å². The Morgan fingerprint density at radius 1 is 0.520 bits per heavy atom. The average molecular weight is 643 g/mol. The third-order valence-electron chi connectivity index (χ3n) is 12.2. The molecule has 0 bridgehead atoms. The van der Waals surface area contributed by atoms with Crippen LogP contribution in [0.5, 0.6) is 0 Å². The largest absolute Gasteiger partial charge is 0.0842 e. The summed E-state index contributed by atoms with van der Waals surface area (Å²) in [6.07, 6.45) is 43.3. The Morgan fingerprint density at radius 2 is 1.18 bits per heavy atom. The van der Waals surface area contributed by atoms with E-state index in [9.17, 15) is 0 Å². The molecule has 7 aliphatic carbocycles. The zero-order valence-electron chi connectivity index (χ0n) is 28.6. The molecular formula is C50H42. The van der Waals surface area contributed by atoms with Crippen molar-refractivity contribution in [2.45, 2.75) is 50.9 Å². The van der Waals surface area contributed by atoms with Crippen LogP contribution in [-0.4, -0.2) is 0 Å². The first-order valence-corrected chi connectivity index (χ1v) is 18.8. The SMILES string of the molecule is C1=CCCC(C2=CC=C(C=CC3=CC=C(C4=c5ccccc5=C(C5=CC=C6c7cccc8cccc(c78)C6C5)C5C=CC=CC45)CC3)CC2)=C1. The Morgan fingerprint density at radius 3 is 1.86 bits per heavy atom. The molecule has 0 heteroatoms. The van der Waals surface area contributed by atoms with Crippen LogP contribution in [0.15, 0.2) is 185 Å². The van der Waals surface area contributed by atoms with Crippen LogP contribution in [0.4, 0.5) is 0 Å². The van der Waals surface area contributed by atoms with E-state index in [1.165, 1.54) is 95.3 Å². The Balaban J connectivity index is 1.00. The van der Waals surface area contributed by atoms with E-state index in [1.54, 1.807) is 0 Å². The predicted molar refractivity (Wildman–Crippen MR) is 212 cm³/mol. The van der Waals surface area contributed by atoms with Crippen molar-refractivity contribution >= 4 is 27.5 Å². The molecule has 10 rings (SSSR count). The molecule has 0 fully saturated rings. The molecule has 0 amide bonds. The van der Waals surface area contributed by atoms with Gasteiger partial charge in [-0.05, 0) is 127 Å². The average Bonchev–Trinajstić information content (AvgIpc) is 3.51. The van der Waals surface area contributed by atoms with Crippen LogP contribution in [0.1, 0.15) is 62.0 Å². The first-order chi connectivity index (χ1) is 24.8. The lowest BCUT2D eigenvalue weighted by atomic mass is 9.67. The summed E-state index contributed by atoms with van der Waals surface area (Å²) in [6.45, 7) is 0. The molecule has 3 unspecified atom stereocenters. The second-order valence-corrected chi connectivity index (χ2v) is 14.9. The third-order valence-corrected chi connectivity index (χ3v) is 12.2. The second-order valence-electron chi connectivity index (χ2n) is 14.9. The molecule has 50 heavy (non-hydrogen) atoms. The molecule has 0 N–H and O–H groups in total. The van der Waals surface area contributed by atoms with Gasteiger partial charge in [-0.1, -0.05) is 152 Å². The highest BCUT2D eigenvalue weighted by Crippen LogP contribution is 2.53. The van der Waals surface area contributed by atoms with E-state index in [0.29, 0.717) is 17.8 Å². The van der Waals surface area contributed by atoms with Gasteiger partial charge in [0.1, 0.15) is 0 Å². The molecule has 0 saturated carbocycles. The number of hydrogen-bond acceptors (Lipinski definition) is 0. The second kappa shape index (κ2) is 12.3. The number of benzene rings is 3. The van der Waals surface area contributed by atoms with Crippen molar-refractivity contribution in [3.8, 4) is 0 Å². The fourth-order valence-electron chi connectivity index (χ4n) is 9.77. The Hall–Kier alpha value is -5.20. The summed E-state index contributed by atoms with van der Waals surface area (Å²) in [5.41, 5.74) is 16.4. The number of allylic oxidation sites excluding steroid dienone is 22. The van der Waals surface area contributed by atoms with E-state index in [0.717, 1.165) is 32.1 Å². The number of rotatable bonds is 5. The summed E-state index contributed by atoms with van der Waals surface area (Å²) in [4.78, 5) is 0. The van der Waals surface area contributed by atoms with Gasteiger partial charge in [-0.25, -0.2) is 0 Å². The monoisotopic (exact) mass is 642 g/mol. The van der Waals surface area contributed by atoms with E-state index >= 15 is 0 Å². The van der Waals surface area contributed by atoms with E-state index in [2.05, 4.69) is 152 Å². The standard InChI is InChI=1S/C50H42/c1-2-10-35(11-3-1)36-26-22-33(23-27-36)20-21-34-24-28-38(29-25-34)49-42-14-4-6-16-44(42)50(45-17-7-5-15-43(45)49)39-30-31-40-41-18-8-12-37-13-9-19-46(48(37)41)47(40)32-39/h1-2,4-10,12-22,24,26,28,30-31,42,44,47H,3,11,23,25,27,29,32H2. The van der Waals surface area contributed by atoms with Crippen LogP contribution >= 0.6 is 0 Å². The van der Waals surface area contributed by atoms with Gasteiger partial charge in [-0.3, -0.25) is 0 Å². The van der Waals surface area contributed by atoms with Gasteiger partial charge in [-0.2, -0.15) is 0 Å². The molecule has 0 radical (unpaired) electrons. The summed E-state index contributed by atoms with van der Waals surface area (Å²) in [7, 11) is 0. The molecule has 0 heterocycles. The third kappa shape index (κ3) is 4.96. The van der Waals surface area contributed by atoms with E-state index < -0.39 is 0 Å². The Kier molecular flexibility index (Phi) is 7.30. The molecule has 0 aromatic heterocycles. The van der Waals surface area contributed by atoms with Crippen LogP contribution in [0.25, 0.3) is 27.5 Å². The van der Waals surface area contributed by atoms with Crippen molar-refractivity contribution in [2.24, 2.45) is 11.8 Å². The first-order valence-electron chi connectivity index (χ1n) is 18.8. The highest BCUT2D eigenvalue weighted by molar-refractivity contribution is 6.04. The zero-order valence-corrected chi connectivity index (χ0v) is 28.6. The van der Waals surface area contributed by atoms with Gasteiger partial charge in [-0.15, -0.1) is 0 Å². The summed E-state index contributed by atoms with van der Waals surface area (Å²) >= 11 is 0. The molecule has 7 aliphatic rings. The minimum atomic E-state index is 0.341. The van der Waals surface area contributed by atoms with Crippen molar-refractivity contribution in [3.63, 3.8) is 0 Å². The predicted octanol–water partition coefficient (Wildman–Crippen LogP) is 11.1. The lowest BCUT2D eigenvalue weighted by molar-refractivity contribution is 0.670. The topological polar surface area (TPSA) is 0 Å². The van der Waals surface area contributed by atoms with Gasteiger partial charge in [0.15, 0.2) is 0 Å². The lowest BCUT2D eigenvalue weighted by Gasteiger charge is -2.36. The minimum absolute atomic E-state index is 0.341. The van der Waals surface area contributed by atoms with Gasteiger partial charge in [0.25, 0.3) is 0 Å². The Bertz CT molecular complexity index is 2440. The van der Waals surface area contributed by atoms with Crippen molar-refractivity contribution in [1.82, 2.24) is 0 Å². The first kappa shape index (κ1) is 29.7. The smallest absolute Gasteiger partial charge is 0.0142 e. The lowest BCUT2D eigenvalue weighted by Crippen LogP contribution is -2.41. The molecule has 242 valence electrons. The van der Waals surface area contributed by atoms with Crippen molar-refractivity contribution in [3.05, 3.63) is 207 Å². The van der Waals surface area contributed by atoms with Crippen molar-refractivity contribution in [1.29, 1.82) is 0 Å². The van der Waals surface area contributed by atoms with Crippen LogP contribution in [-0.2, 0) is 0 Å². The van der Waals surface area contributed by atoms with Gasteiger partial charge < -0.3 is 0 Å². The van der Waals surface area contributed by atoms with Gasteiger partial charge in [0, 0.05) is 17.8 Å². The van der Waals surface area contributed by atoms with Crippen molar-refractivity contribution in [2.75, 3.05) is 0 Å². The molecule has 0 nitrogen and oxygen atoms in total.